The average Bonchev–Trinajstić information content (AvgIpc) is 2.99. The van der Waals surface area contributed by atoms with Gasteiger partial charge in [0.05, 0.1) is 12.3 Å². The van der Waals surface area contributed by atoms with Gasteiger partial charge in [-0.15, -0.1) is 0 Å². The molecule has 0 bridgehead atoms. The molecule has 1 N–H and O–H groups in total. The number of rotatable bonds is 3. The SMILES string of the molecule is Cc1cc([C@H](O)[C@@H]2COC(C)(C)O2)cnc1C1=CCN(C(=O)OC(C)(C)C)CC1. The second-order valence-electron chi connectivity index (χ2n) is 9.15. The second-order valence-corrected chi connectivity index (χ2v) is 9.15. The van der Waals surface area contributed by atoms with Gasteiger partial charge in [0.25, 0.3) is 0 Å². The van der Waals surface area contributed by atoms with Crippen molar-refractivity contribution in [1.82, 2.24) is 9.88 Å². The third-order valence-electron chi connectivity index (χ3n) is 4.99. The summed E-state index contributed by atoms with van der Waals surface area (Å²) >= 11 is 0. The maximum absolute atomic E-state index is 12.2. The molecule has 1 saturated heterocycles. The zero-order valence-corrected chi connectivity index (χ0v) is 18.2. The van der Waals surface area contributed by atoms with Gasteiger partial charge >= 0.3 is 6.09 Å². The molecule has 2 aliphatic heterocycles. The van der Waals surface area contributed by atoms with Gasteiger partial charge in [0.2, 0.25) is 0 Å². The predicted octanol–water partition coefficient (Wildman–Crippen LogP) is 3.60. The van der Waals surface area contributed by atoms with E-state index in [4.69, 9.17) is 14.2 Å². The first-order valence-electron chi connectivity index (χ1n) is 10.1. The maximum atomic E-state index is 12.2. The van der Waals surface area contributed by atoms with Crippen molar-refractivity contribution in [3.63, 3.8) is 0 Å². The number of pyridine rings is 1. The Morgan fingerprint density at radius 2 is 2.14 bits per heavy atom. The minimum Gasteiger partial charge on any atom is -0.444 e. The molecule has 0 spiro atoms. The number of ether oxygens (including phenoxy) is 3. The molecule has 0 aliphatic carbocycles. The summed E-state index contributed by atoms with van der Waals surface area (Å²) in [5, 5.41) is 10.6. The quantitative estimate of drug-likeness (QED) is 0.829. The van der Waals surface area contributed by atoms with Crippen LogP contribution in [0.25, 0.3) is 5.57 Å². The number of aromatic nitrogens is 1. The van der Waals surface area contributed by atoms with Gasteiger partial charge in [0.1, 0.15) is 17.8 Å². The third kappa shape index (κ3) is 5.35. The largest absolute Gasteiger partial charge is 0.444 e. The van der Waals surface area contributed by atoms with Crippen molar-refractivity contribution in [2.75, 3.05) is 19.7 Å². The molecule has 7 heteroatoms. The molecule has 160 valence electrons. The van der Waals surface area contributed by atoms with Crippen molar-refractivity contribution in [3.8, 4) is 0 Å². The molecule has 3 heterocycles. The number of aryl methyl sites for hydroxylation is 1. The van der Waals surface area contributed by atoms with Gasteiger partial charge in [-0.2, -0.15) is 0 Å². The van der Waals surface area contributed by atoms with Crippen LogP contribution in [0, 0.1) is 6.92 Å². The zero-order chi connectivity index (χ0) is 21.4. The minimum absolute atomic E-state index is 0.294. The van der Waals surface area contributed by atoms with Gasteiger partial charge < -0.3 is 24.2 Å². The Kier molecular flexibility index (Phi) is 6.03. The summed E-state index contributed by atoms with van der Waals surface area (Å²) in [5.41, 5.74) is 3.19. The summed E-state index contributed by atoms with van der Waals surface area (Å²) in [6.45, 7) is 12.7. The van der Waals surface area contributed by atoms with Crippen LogP contribution in [0.5, 0.6) is 0 Å². The Labute approximate surface area is 172 Å². The lowest BCUT2D eigenvalue weighted by molar-refractivity contribution is -0.151. The lowest BCUT2D eigenvalue weighted by Crippen LogP contribution is -2.39. The fourth-order valence-electron chi connectivity index (χ4n) is 3.56. The predicted molar refractivity (Wildman–Crippen MR) is 109 cm³/mol. The topological polar surface area (TPSA) is 81.1 Å². The van der Waals surface area contributed by atoms with Gasteiger partial charge in [0, 0.05) is 24.8 Å². The molecule has 1 fully saturated rings. The highest BCUT2D eigenvalue weighted by Gasteiger charge is 2.37. The summed E-state index contributed by atoms with van der Waals surface area (Å²) in [6, 6.07) is 1.95. The van der Waals surface area contributed by atoms with E-state index in [9.17, 15) is 9.90 Å². The first kappa shape index (κ1) is 21.7. The molecular formula is C22H32N2O5. The minimum atomic E-state index is -0.792. The molecule has 1 amide bonds. The fraction of sp³-hybridized carbons (Fsp3) is 0.636. The highest BCUT2D eigenvalue weighted by atomic mass is 16.7. The Hall–Kier alpha value is -1.96. The van der Waals surface area contributed by atoms with E-state index in [1.807, 2.05) is 53.7 Å². The van der Waals surface area contributed by atoms with Crippen LogP contribution in [-0.4, -0.2) is 58.3 Å². The number of hydrogen-bond donors (Lipinski definition) is 1. The van der Waals surface area contributed by atoms with E-state index in [0.717, 1.165) is 16.8 Å². The first-order chi connectivity index (χ1) is 13.5. The molecule has 0 aromatic carbocycles. The van der Waals surface area contributed by atoms with E-state index in [2.05, 4.69) is 4.98 Å². The van der Waals surface area contributed by atoms with Crippen LogP contribution in [0.1, 0.15) is 64.0 Å². The second kappa shape index (κ2) is 8.05. The standard InChI is InChI=1S/C22H32N2O5/c1-14-11-16(19(25)17-13-27-22(5,6)28-17)12-23-18(14)15-7-9-24(10-8-15)20(26)29-21(2,3)4/h7,11-12,17,19,25H,8-10,13H2,1-6H3/t17-,19-/m0/s1. The van der Waals surface area contributed by atoms with Crippen LogP contribution in [0.2, 0.25) is 0 Å². The zero-order valence-electron chi connectivity index (χ0n) is 18.2. The fourth-order valence-corrected chi connectivity index (χ4v) is 3.56. The average molecular weight is 405 g/mol. The van der Waals surface area contributed by atoms with E-state index >= 15 is 0 Å². The molecule has 3 rings (SSSR count). The number of aliphatic hydroxyl groups is 1. The number of amides is 1. The van der Waals surface area contributed by atoms with E-state index in [-0.39, 0.29) is 6.09 Å². The summed E-state index contributed by atoms with van der Waals surface area (Å²) in [5.74, 6) is -0.680. The first-order valence-corrected chi connectivity index (χ1v) is 10.1. The summed E-state index contributed by atoms with van der Waals surface area (Å²) in [4.78, 5) is 18.5. The van der Waals surface area contributed by atoms with Crippen LogP contribution in [0.15, 0.2) is 18.3 Å². The number of nitrogens with zero attached hydrogens (tertiary/aromatic N) is 2. The number of hydrogen-bond acceptors (Lipinski definition) is 6. The lowest BCUT2D eigenvalue weighted by Gasteiger charge is -2.29. The summed E-state index contributed by atoms with van der Waals surface area (Å²) in [7, 11) is 0. The molecule has 0 saturated carbocycles. The van der Waals surface area contributed by atoms with Crippen LogP contribution in [-0.2, 0) is 14.2 Å². The van der Waals surface area contributed by atoms with Crippen molar-refractivity contribution in [2.45, 2.75) is 71.6 Å². The summed E-state index contributed by atoms with van der Waals surface area (Å²) < 4.78 is 16.7. The molecular weight excluding hydrogens is 372 g/mol. The van der Waals surface area contributed by atoms with Crippen LogP contribution >= 0.6 is 0 Å². The molecule has 0 radical (unpaired) electrons. The maximum Gasteiger partial charge on any atom is 0.410 e. The Bertz CT molecular complexity index is 797. The van der Waals surface area contributed by atoms with Crippen molar-refractivity contribution in [3.05, 3.63) is 35.2 Å². The highest BCUT2D eigenvalue weighted by molar-refractivity contribution is 5.72. The van der Waals surface area contributed by atoms with Gasteiger partial charge in [-0.3, -0.25) is 4.98 Å². The molecule has 2 aliphatic rings. The van der Waals surface area contributed by atoms with Crippen molar-refractivity contribution in [1.29, 1.82) is 0 Å². The van der Waals surface area contributed by atoms with Crippen molar-refractivity contribution < 1.29 is 24.1 Å². The molecule has 1 aromatic heterocycles. The van der Waals surface area contributed by atoms with E-state index in [0.29, 0.717) is 31.7 Å². The Morgan fingerprint density at radius 3 is 2.66 bits per heavy atom. The van der Waals surface area contributed by atoms with Gasteiger partial charge in [-0.05, 0) is 65.2 Å². The number of aliphatic hydroxyl groups excluding tert-OH is 1. The van der Waals surface area contributed by atoms with E-state index in [1.54, 1.807) is 11.1 Å². The number of carbonyl (C=O) groups is 1. The Morgan fingerprint density at radius 1 is 1.41 bits per heavy atom. The van der Waals surface area contributed by atoms with E-state index < -0.39 is 23.6 Å². The Balaban J connectivity index is 1.67. The highest BCUT2D eigenvalue weighted by Crippen LogP contribution is 2.32. The monoisotopic (exact) mass is 404 g/mol. The van der Waals surface area contributed by atoms with E-state index in [1.165, 1.54) is 0 Å². The van der Waals surface area contributed by atoms with Crippen molar-refractivity contribution >= 4 is 11.7 Å². The van der Waals surface area contributed by atoms with Crippen molar-refractivity contribution in [2.24, 2.45) is 0 Å². The molecule has 29 heavy (non-hydrogen) atoms. The van der Waals surface area contributed by atoms with Gasteiger partial charge in [-0.1, -0.05) is 6.08 Å². The molecule has 1 aromatic rings. The van der Waals surface area contributed by atoms with Crippen LogP contribution in [0.4, 0.5) is 4.79 Å². The van der Waals surface area contributed by atoms with Gasteiger partial charge in [-0.25, -0.2) is 4.79 Å². The van der Waals surface area contributed by atoms with Gasteiger partial charge in [0.15, 0.2) is 5.79 Å². The molecule has 0 unspecified atom stereocenters. The smallest absolute Gasteiger partial charge is 0.410 e. The van der Waals surface area contributed by atoms with Crippen LogP contribution in [0.3, 0.4) is 0 Å². The summed E-state index contributed by atoms with van der Waals surface area (Å²) in [6.07, 6.45) is 2.94. The third-order valence-corrected chi connectivity index (χ3v) is 4.99. The lowest BCUT2D eigenvalue weighted by atomic mass is 9.98. The molecule has 2 atom stereocenters. The number of carbonyl (C=O) groups excluding carboxylic acids is 1. The van der Waals surface area contributed by atoms with Crippen LogP contribution < -0.4 is 0 Å². The molecule has 7 nitrogen and oxygen atoms in total. The normalized spacial score (nSPS) is 22.9.